The quantitative estimate of drug-likeness (QED) is 0.160. The van der Waals surface area contributed by atoms with Crippen LogP contribution < -0.4 is 0 Å². The molecule has 0 aliphatic carbocycles. The maximum Gasteiger partial charge on any atom is 2.00 e. The Hall–Kier alpha value is 1.86. The molecule has 9 heteroatoms. The minimum Gasteiger partial charge on any atom is -1.00 e. The minimum atomic E-state index is -4.67. The van der Waals surface area contributed by atoms with Crippen molar-refractivity contribution in [2.24, 2.45) is 0 Å². The summed E-state index contributed by atoms with van der Waals surface area (Å²) in [6.07, 6.45) is 20.2. The Morgan fingerprint density at radius 3 is 1.11 bits per heavy atom. The Balaban J connectivity index is -0.0000000721. The molecule has 0 saturated heterocycles. The number of unbranched alkanes of at least 4 members (excludes halogenated alkanes) is 14. The molecule has 3 N–H and O–H groups in total. The third kappa shape index (κ3) is 52.4. The van der Waals surface area contributed by atoms with Crippen molar-refractivity contribution < 1.29 is 33.1 Å². The number of carboxylic acid groups (broad SMARTS) is 1. The molecule has 0 fully saturated rings. The van der Waals surface area contributed by atoms with Crippen LogP contribution in [0.1, 0.15) is 115 Å². The Kier molecular flexibility index (Phi) is 37.4. The van der Waals surface area contributed by atoms with Crippen LogP contribution in [0.2, 0.25) is 0 Å². The summed E-state index contributed by atoms with van der Waals surface area (Å²) in [6.45, 7) is 2.27. The molecule has 6 nitrogen and oxygen atoms in total. The van der Waals surface area contributed by atoms with Gasteiger partial charge in [-0.15, -0.1) is 0 Å². The topological polar surface area (TPSA) is 112 Å². The summed E-state index contributed by atoms with van der Waals surface area (Å²) in [5, 5.41) is 8.52. The summed E-state index contributed by atoms with van der Waals surface area (Å²) in [7, 11) is -4.67. The van der Waals surface area contributed by atoms with E-state index in [1.807, 2.05) is 0 Å². The monoisotopic (exact) mass is 466 g/mol. The van der Waals surface area contributed by atoms with E-state index >= 15 is 0 Å². The van der Waals surface area contributed by atoms with Crippen molar-refractivity contribution in [2.75, 3.05) is 0 Å². The van der Waals surface area contributed by atoms with E-state index in [4.69, 9.17) is 22.6 Å². The summed E-state index contributed by atoms with van der Waals surface area (Å²) in [5.74, 6) is -0.653. The van der Waals surface area contributed by atoms with E-state index in [1.54, 1.807) is 0 Å². The number of hydrogen-bond donors (Lipinski definition) is 3. The summed E-state index contributed by atoms with van der Waals surface area (Å²) < 4.78 is 31.6. The van der Waals surface area contributed by atoms with Crippen molar-refractivity contribution in [2.45, 2.75) is 110 Å². The van der Waals surface area contributed by atoms with E-state index in [9.17, 15) is 4.79 Å². The predicted octanol–water partition coefficient (Wildman–Crippen LogP) is 5.37. The predicted molar refractivity (Wildman–Crippen MR) is 117 cm³/mol. The Labute approximate surface area is 232 Å². The van der Waals surface area contributed by atoms with Gasteiger partial charge in [0.15, 0.2) is 0 Å². The van der Waals surface area contributed by atoms with Gasteiger partial charge in [-0.2, -0.15) is 8.42 Å². The van der Waals surface area contributed by atoms with Gasteiger partial charge < -0.3 is 10.8 Å². The molecule has 0 saturated carbocycles. The smallest absolute Gasteiger partial charge is 1.00 e. The fourth-order valence-electron chi connectivity index (χ4n) is 2.65. The Morgan fingerprint density at radius 1 is 0.667 bits per heavy atom. The zero-order valence-corrected chi connectivity index (χ0v) is 22.4. The van der Waals surface area contributed by atoms with Crippen molar-refractivity contribution in [1.29, 1.82) is 0 Å². The molecule has 27 heavy (non-hydrogen) atoms. The molecule has 0 atom stereocenters. The third-order valence-corrected chi connectivity index (χ3v) is 3.99. The van der Waals surface area contributed by atoms with E-state index in [1.165, 1.54) is 83.5 Å². The summed E-state index contributed by atoms with van der Waals surface area (Å²) in [6, 6.07) is 0. The molecule has 0 spiro atoms. The van der Waals surface area contributed by atoms with Gasteiger partial charge in [0.25, 0.3) is 0 Å². The molecule has 0 heterocycles. The van der Waals surface area contributed by atoms with Crippen LogP contribution in [0.5, 0.6) is 0 Å². The SMILES string of the molecule is CCCCCCCCCCCCCCCCCC(=O)O.O=S(=O)(O)O.[Ca+2].[Ca+2].[H-].[H-].[H-].[H-]. The first-order valence-electron chi connectivity index (χ1n) is 9.69. The first-order chi connectivity index (χ1) is 11.8. The van der Waals surface area contributed by atoms with Gasteiger partial charge in [-0.25, -0.2) is 0 Å². The zero-order chi connectivity index (χ0) is 19.4. The fourth-order valence-corrected chi connectivity index (χ4v) is 2.65. The normalized spacial score (nSPS) is 10.2. The minimum absolute atomic E-state index is 0. The largest absolute Gasteiger partial charge is 2.00 e. The van der Waals surface area contributed by atoms with Crippen LogP contribution in [0.15, 0.2) is 0 Å². The van der Waals surface area contributed by atoms with Crippen molar-refractivity contribution in [3.63, 3.8) is 0 Å². The van der Waals surface area contributed by atoms with Crippen LogP contribution in [-0.4, -0.2) is 104 Å². The Bertz CT molecular complexity index is 401. The van der Waals surface area contributed by atoms with Crippen molar-refractivity contribution in [1.82, 2.24) is 0 Å². The van der Waals surface area contributed by atoms with Crippen molar-refractivity contribution in [3.8, 4) is 0 Å². The molecule has 0 aromatic heterocycles. The molecule has 0 aromatic rings. The van der Waals surface area contributed by atoms with Gasteiger partial charge in [0.2, 0.25) is 0 Å². The second kappa shape index (κ2) is 27.9. The number of carboxylic acids is 1. The van der Waals surface area contributed by atoms with E-state index in [0.717, 1.165) is 12.8 Å². The van der Waals surface area contributed by atoms with Gasteiger partial charge in [-0.3, -0.25) is 13.9 Å². The van der Waals surface area contributed by atoms with Gasteiger partial charge >= 0.3 is 91.8 Å². The standard InChI is InChI=1S/C18H36O2.2Ca.H2O4S.4H/c1-2-3-4-5-6-7-8-9-10-11-12-13-14-15-16-17-18(19)20;;;1-5(2,3)4;;;;/h2-17H2,1H3,(H,19,20);;;(H2,1,2,3,4);;;;/q;2*+2;;4*-1. The number of aliphatic carboxylic acids is 1. The molecular weight excluding hydrogens is 424 g/mol. The van der Waals surface area contributed by atoms with Crippen LogP contribution in [0.25, 0.3) is 0 Å². The van der Waals surface area contributed by atoms with E-state index < -0.39 is 16.4 Å². The molecule has 0 radical (unpaired) electrons. The van der Waals surface area contributed by atoms with Crippen LogP contribution in [-0.2, 0) is 15.2 Å². The van der Waals surface area contributed by atoms with E-state index in [-0.39, 0.29) is 81.2 Å². The van der Waals surface area contributed by atoms with Crippen molar-refractivity contribution >= 4 is 91.8 Å². The molecule has 0 bridgehead atoms. The second-order valence-corrected chi connectivity index (χ2v) is 7.44. The maximum absolute atomic E-state index is 10.3. The first-order valence-corrected chi connectivity index (χ1v) is 11.1. The summed E-state index contributed by atoms with van der Waals surface area (Å²) in [5.41, 5.74) is 0. The molecular formula is C18H42Ca2O6S. The van der Waals surface area contributed by atoms with Crippen LogP contribution >= 0.6 is 0 Å². The van der Waals surface area contributed by atoms with Gasteiger partial charge in [0, 0.05) is 6.42 Å². The molecule has 0 amide bonds. The van der Waals surface area contributed by atoms with E-state index in [2.05, 4.69) is 6.92 Å². The van der Waals surface area contributed by atoms with Crippen LogP contribution in [0, 0.1) is 0 Å². The van der Waals surface area contributed by atoms with Gasteiger partial charge in [0.1, 0.15) is 0 Å². The van der Waals surface area contributed by atoms with Crippen LogP contribution in [0.4, 0.5) is 0 Å². The van der Waals surface area contributed by atoms with Gasteiger partial charge in [0.05, 0.1) is 0 Å². The third-order valence-electron chi connectivity index (χ3n) is 3.99. The van der Waals surface area contributed by atoms with Crippen molar-refractivity contribution in [3.05, 3.63) is 0 Å². The molecule has 0 rings (SSSR count). The first kappa shape index (κ1) is 36.2. The zero-order valence-electron chi connectivity index (χ0n) is 21.2. The average Bonchev–Trinajstić information content (AvgIpc) is 2.49. The summed E-state index contributed by atoms with van der Waals surface area (Å²) in [4.78, 5) is 10.3. The second-order valence-electron chi connectivity index (χ2n) is 6.54. The Morgan fingerprint density at radius 2 is 0.889 bits per heavy atom. The molecule has 160 valence electrons. The molecule has 0 aromatic carbocycles. The van der Waals surface area contributed by atoms with E-state index in [0.29, 0.717) is 6.42 Å². The van der Waals surface area contributed by atoms with Crippen LogP contribution in [0.3, 0.4) is 0 Å². The number of rotatable bonds is 16. The molecule has 0 unspecified atom stereocenters. The van der Waals surface area contributed by atoms with Gasteiger partial charge in [-0.05, 0) is 6.42 Å². The molecule has 0 aliphatic rings. The van der Waals surface area contributed by atoms with Gasteiger partial charge in [-0.1, -0.05) is 96.8 Å². The average molecular weight is 467 g/mol. The molecule has 0 aliphatic heterocycles. The summed E-state index contributed by atoms with van der Waals surface area (Å²) >= 11 is 0. The number of carbonyl (C=O) groups is 1. The number of hydrogen-bond acceptors (Lipinski definition) is 3. The maximum atomic E-state index is 10.3. The fraction of sp³-hybridized carbons (Fsp3) is 0.944.